The van der Waals surface area contributed by atoms with Crippen LogP contribution in [0.3, 0.4) is 0 Å². The number of carbonyl (C=O) groups is 3. The number of imide groups is 1. The maximum atomic E-state index is 12.2. The molecule has 0 fully saturated rings. The second-order valence-electron chi connectivity index (χ2n) is 5.52. The van der Waals surface area contributed by atoms with E-state index in [1.165, 1.54) is 35.1 Å². The molecule has 3 amide bonds. The van der Waals surface area contributed by atoms with Gasteiger partial charge in [-0.15, -0.1) is 11.3 Å². The Bertz CT molecular complexity index is 573. The van der Waals surface area contributed by atoms with E-state index in [2.05, 4.69) is 10.6 Å². The number of hydrogen-bond donors (Lipinski definition) is 2. The van der Waals surface area contributed by atoms with Gasteiger partial charge in [0, 0.05) is 11.4 Å². The number of rotatable bonds is 4. The summed E-state index contributed by atoms with van der Waals surface area (Å²) in [6, 6.07) is 1.28. The van der Waals surface area contributed by atoms with Gasteiger partial charge in [0.1, 0.15) is 4.88 Å². The van der Waals surface area contributed by atoms with E-state index in [0.29, 0.717) is 11.4 Å². The quantitative estimate of drug-likeness (QED) is 0.652. The van der Waals surface area contributed by atoms with E-state index in [4.69, 9.17) is 4.74 Å². The topological polar surface area (TPSA) is 84.5 Å². The number of esters is 1. The Morgan fingerprint density at radius 3 is 2.74 bits per heavy atom. The Balaban J connectivity index is 1.93. The van der Waals surface area contributed by atoms with Gasteiger partial charge in [-0.05, 0) is 51.2 Å². The van der Waals surface area contributed by atoms with Crippen molar-refractivity contribution in [3.05, 3.63) is 21.4 Å². The van der Waals surface area contributed by atoms with Gasteiger partial charge in [-0.2, -0.15) is 0 Å². The fraction of sp³-hybridized carbons (Fsp3) is 0.562. The number of fused-ring (bicyclic) bond motifs is 1. The highest BCUT2D eigenvalue weighted by Gasteiger charge is 2.23. The molecule has 0 aromatic carbocycles. The van der Waals surface area contributed by atoms with Crippen molar-refractivity contribution in [3.63, 3.8) is 0 Å². The van der Waals surface area contributed by atoms with Crippen molar-refractivity contribution in [3.8, 4) is 0 Å². The largest absolute Gasteiger partial charge is 0.448 e. The van der Waals surface area contributed by atoms with Crippen LogP contribution in [-0.4, -0.2) is 30.6 Å². The number of hydrogen-bond acceptors (Lipinski definition) is 5. The van der Waals surface area contributed by atoms with Crippen LogP contribution in [-0.2, 0) is 22.4 Å². The Kier molecular flexibility index (Phi) is 6.15. The van der Waals surface area contributed by atoms with Crippen LogP contribution in [0.4, 0.5) is 4.79 Å². The zero-order valence-corrected chi connectivity index (χ0v) is 14.3. The average molecular weight is 338 g/mol. The van der Waals surface area contributed by atoms with Crippen LogP contribution in [0, 0.1) is 0 Å². The molecule has 0 spiro atoms. The Hall–Kier alpha value is -1.89. The first-order chi connectivity index (χ1) is 11.0. The molecule has 2 N–H and O–H groups in total. The summed E-state index contributed by atoms with van der Waals surface area (Å²) in [5.74, 6) is -1.15. The monoisotopic (exact) mass is 338 g/mol. The third-order valence-corrected chi connectivity index (χ3v) is 4.89. The van der Waals surface area contributed by atoms with Gasteiger partial charge >= 0.3 is 12.0 Å². The Morgan fingerprint density at radius 2 is 2.00 bits per heavy atom. The average Bonchev–Trinajstić information content (AvgIpc) is 2.78. The van der Waals surface area contributed by atoms with Gasteiger partial charge in [0.25, 0.3) is 5.91 Å². The molecule has 1 aromatic rings. The Morgan fingerprint density at radius 1 is 1.26 bits per heavy atom. The molecule has 0 radical (unpaired) electrons. The highest BCUT2D eigenvalue weighted by atomic mass is 32.1. The van der Waals surface area contributed by atoms with E-state index in [0.717, 1.165) is 25.7 Å². The molecular formula is C16H22N2O4S. The summed E-state index contributed by atoms with van der Waals surface area (Å²) in [5.41, 5.74) is 1.22. The van der Waals surface area contributed by atoms with Gasteiger partial charge in [0.15, 0.2) is 6.10 Å². The summed E-state index contributed by atoms with van der Waals surface area (Å²) in [6.07, 6.45) is 4.48. The second kappa shape index (κ2) is 8.10. The van der Waals surface area contributed by atoms with Crippen LogP contribution >= 0.6 is 11.3 Å². The minimum atomic E-state index is -1.02. The number of nitrogens with one attached hydrogen (secondary N) is 2. The van der Waals surface area contributed by atoms with Gasteiger partial charge in [0.2, 0.25) is 0 Å². The molecule has 1 aliphatic carbocycles. The molecule has 0 saturated carbocycles. The third kappa shape index (κ3) is 4.79. The van der Waals surface area contributed by atoms with E-state index >= 15 is 0 Å². The highest BCUT2D eigenvalue weighted by Crippen LogP contribution is 2.29. The number of amides is 3. The zero-order chi connectivity index (χ0) is 16.8. The van der Waals surface area contributed by atoms with E-state index in [9.17, 15) is 14.4 Å². The maximum Gasteiger partial charge on any atom is 0.349 e. The highest BCUT2D eigenvalue weighted by molar-refractivity contribution is 7.14. The molecule has 1 atom stereocenters. The smallest absolute Gasteiger partial charge is 0.349 e. The summed E-state index contributed by atoms with van der Waals surface area (Å²) >= 11 is 1.45. The Labute approximate surface area is 139 Å². The van der Waals surface area contributed by atoms with Gasteiger partial charge in [-0.25, -0.2) is 9.59 Å². The minimum Gasteiger partial charge on any atom is -0.448 e. The molecule has 126 valence electrons. The molecule has 0 bridgehead atoms. The third-order valence-electron chi connectivity index (χ3n) is 3.67. The predicted molar refractivity (Wildman–Crippen MR) is 87.7 cm³/mol. The molecule has 0 aliphatic heterocycles. The lowest BCUT2D eigenvalue weighted by Crippen LogP contribution is -2.44. The fourth-order valence-corrected chi connectivity index (χ4v) is 3.60. The lowest BCUT2D eigenvalue weighted by molar-refractivity contribution is -0.127. The van der Waals surface area contributed by atoms with Crippen molar-refractivity contribution in [1.29, 1.82) is 0 Å². The summed E-state index contributed by atoms with van der Waals surface area (Å²) in [7, 11) is 0. The van der Waals surface area contributed by atoms with Gasteiger partial charge < -0.3 is 10.1 Å². The van der Waals surface area contributed by atoms with Gasteiger partial charge in [-0.3, -0.25) is 10.1 Å². The number of thiophene rings is 1. The van der Waals surface area contributed by atoms with Crippen LogP contribution in [0.2, 0.25) is 0 Å². The summed E-state index contributed by atoms with van der Waals surface area (Å²) in [6.45, 7) is 3.60. The molecule has 23 heavy (non-hydrogen) atoms. The number of aryl methyl sites for hydroxylation is 2. The van der Waals surface area contributed by atoms with E-state index in [1.807, 2.05) is 6.07 Å². The normalized spacial score (nSPS) is 15.0. The number of carbonyl (C=O) groups excluding carboxylic acids is 3. The van der Waals surface area contributed by atoms with E-state index in [-0.39, 0.29) is 0 Å². The van der Waals surface area contributed by atoms with Crippen molar-refractivity contribution < 1.29 is 19.1 Å². The SMILES string of the molecule is CCNC(=O)NC(=O)C(C)OC(=O)c1cc2c(s1)CCCCC2. The first kappa shape index (κ1) is 17.5. The van der Waals surface area contributed by atoms with Crippen LogP contribution in [0.1, 0.15) is 53.2 Å². The standard InChI is InChI=1S/C16H22N2O4S/c1-3-17-16(21)18-14(19)10(2)22-15(20)13-9-11-7-5-4-6-8-12(11)23-13/h9-10H,3-8H2,1-2H3,(H2,17,18,19,21). The van der Waals surface area contributed by atoms with Crippen molar-refractivity contribution in [1.82, 2.24) is 10.6 Å². The van der Waals surface area contributed by atoms with Gasteiger partial charge in [0.05, 0.1) is 0 Å². The first-order valence-electron chi connectivity index (χ1n) is 7.92. The van der Waals surface area contributed by atoms with E-state index in [1.54, 1.807) is 6.92 Å². The van der Waals surface area contributed by atoms with Crippen LogP contribution in [0.15, 0.2) is 6.07 Å². The van der Waals surface area contributed by atoms with Crippen LogP contribution < -0.4 is 10.6 Å². The van der Waals surface area contributed by atoms with Crippen molar-refractivity contribution >= 4 is 29.2 Å². The first-order valence-corrected chi connectivity index (χ1v) is 8.74. The number of urea groups is 1. The van der Waals surface area contributed by atoms with Crippen LogP contribution in [0.25, 0.3) is 0 Å². The molecule has 0 saturated heterocycles. The molecule has 7 heteroatoms. The summed E-state index contributed by atoms with van der Waals surface area (Å²) in [5, 5.41) is 4.58. The maximum absolute atomic E-state index is 12.2. The minimum absolute atomic E-state index is 0.411. The molecule has 1 aromatic heterocycles. The molecule has 1 unspecified atom stereocenters. The molecule has 6 nitrogen and oxygen atoms in total. The summed E-state index contributed by atoms with van der Waals surface area (Å²) in [4.78, 5) is 37.0. The molecule has 2 rings (SSSR count). The number of ether oxygens (including phenoxy) is 1. The van der Waals surface area contributed by atoms with Crippen molar-refractivity contribution in [2.24, 2.45) is 0 Å². The lowest BCUT2D eigenvalue weighted by Gasteiger charge is -2.12. The molecule has 1 heterocycles. The van der Waals surface area contributed by atoms with E-state index < -0.39 is 24.0 Å². The predicted octanol–water partition coefficient (Wildman–Crippen LogP) is 2.41. The second-order valence-corrected chi connectivity index (χ2v) is 6.65. The van der Waals surface area contributed by atoms with Crippen molar-refractivity contribution in [2.45, 2.75) is 52.1 Å². The molecular weight excluding hydrogens is 316 g/mol. The summed E-state index contributed by atoms with van der Waals surface area (Å²) < 4.78 is 5.17. The fourth-order valence-electron chi connectivity index (χ4n) is 2.46. The van der Waals surface area contributed by atoms with Gasteiger partial charge in [-0.1, -0.05) is 6.42 Å². The zero-order valence-electron chi connectivity index (χ0n) is 13.4. The molecule has 1 aliphatic rings. The van der Waals surface area contributed by atoms with Crippen LogP contribution in [0.5, 0.6) is 0 Å². The lowest BCUT2D eigenvalue weighted by atomic mass is 10.1. The van der Waals surface area contributed by atoms with Crippen molar-refractivity contribution in [2.75, 3.05) is 6.54 Å².